The molecule has 0 aliphatic carbocycles. The third kappa shape index (κ3) is 4.07. The highest BCUT2D eigenvalue weighted by atomic mass is 16.5. The Morgan fingerprint density at radius 3 is 2.67 bits per heavy atom. The van der Waals surface area contributed by atoms with Crippen molar-refractivity contribution < 1.29 is 4.74 Å². The van der Waals surface area contributed by atoms with Crippen LogP contribution < -0.4 is 5.32 Å². The van der Waals surface area contributed by atoms with Crippen LogP contribution in [0.5, 0.6) is 0 Å². The Bertz CT molecular complexity index is 366. The first-order valence-corrected chi connectivity index (χ1v) is 6.75. The summed E-state index contributed by atoms with van der Waals surface area (Å²) in [5.41, 5.74) is 3.66. The van der Waals surface area contributed by atoms with Crippen molar-refractivity contribution in [3.63, 3.8) is 0 Å². The number of ether oxygens (including phenoxy) is 1. The molecule has 1 aromatic rings. The molecule has 3 heteroatoms. The molecule has 0 fully saturated rings. The zero-order valence-corrected chi connectivity index (χ0v) is 12.3. The Hall–Kier alpha value is -0.930. The lowest BCUT2D eigenvalue weighted by atomic mass is 9.93. The predicted octanol–water partition coefficient (Wildman–Crippen LogP) is 3.02. The van der Waals surface area contributed by atoms with E-state index in [0.29, 0.717) is 12.0 Å². The fourth-order valence-electron chi connectivity index (χ4n) is 2.31. The van der Waals surface area contributed by atoms with Gasteiger partial charge in [0.25, 0.3) is 0 Å². The zero-order valence-electron chi connectivity index (χ0n) is 12.3. The normalized spacial score (nSPS) is 14.5. The smallest absolute Gasteiger partial charge is 0.0605 e. The van der Waals surface area contributed by atoms with Crippen molar-refractivity contribution in [3.05, 3.63) is 29.1 Å². The molecule has 0 saturated heterocycles. The van der Waals surface area contributed by atoms with Crippen LogP contribution >= 0.6 is 0 Å². The quantitative estimate of drug-likeness (QED) is 0.807. The van der Waals surface area contributed by atoms with Gasteiger partial charge in [-0.3, -0.25) is 4.98 Å². The first-order valence-electron chi connectivity index (χ1n) is 6.75. The van der Waals surface area contributed by atoms with E-state index in [1.165, 1.54) is 16.8 Å². The monoisotopic (exact) mass is 250 g/mol. The van der Waals surface area contributed by atoms with E-state index in [1.54, 1.807) is 7.11 Å². The van der Waals surface area contributed by atoms with Gasteiger partial charge in [-0.25, -0.2) is 0 Å². The standard InChI is InChI=1S/C15H26N2O/c1-6-16-14(12(3)7-8-18-5)15-13(4)9-11(2)10-17-15/h9-10,12,14,16H,6-8H2,1-5H3. The summed E-state index contributed by atoms with van der Waals surface area (Å²) in [5, 5.41) is 3.55. The molecule has 1 heterocycles. The zero-order chi connectivity index (χ0) is 13.5. The summed E-state index contributed by atoms with van der Waals surface area (Å²) in [6, 6.07) is 2.51. The van der Waals surface area contributed by atoms with Crippen LogP contribution in [0.25, 0.3) is 0 Å². The van der Waals surface area contributed by atoms with E-state index < -0.39 is 0 Å². The molecule has 1 rings (SSSR count). The third-order valence-corrected chi connectivity index (χ3v) is 3.32. The number of methoxy groups -OCH3 is 1. The minimum absolute atomic E-state index is 0.311. The van der Waals surface area contributed by atoms with Crippen molar-refractivity contribution in [2.75, 3.05) is 20.3 Å². The molecule has 0 aliphatic heterocycles. The van der Waals surface area contributed by atoms with Crippen molar-refractivity contribution >= 4 is 0 Å². The van der Waals surface area contributed by atoms with Crippen LogP contribution in [0, 0.1) is 19.8 Å². The van der Waals surface area contributed by atoms with E-state index in [2.05, 4.69) is 44.1 Å². The maximum absolute atomic E-state index is 5.18. The van der Waals surface area contributed by atoms with Crippen molar-refractivity contribution in [2.24, 2.45) is 5.92 Å². The molecule has 0 aliphatic rings. The van der Waals surface area contributed by atoms with Gasteiger partial charge in [-0.15, -0.1) is 0 Å². The molecule has 2 atom stereocenters. The average molecular weight is 250 g/mol. The van der Waals surface area contributed by atoms with Gasteiger partial charge >= 0.3 is 0 Å². The van der Waals surface area contributed by atoms with E-state index in [0.717, 1.165) is 19.6 Å². The highest BCUT2D eigenvalue weighted by molar-refractivity contribution is 5.26. The maximum atomic E-state index is 5.18. The van der Waals surface area contributed by atoms with E-state index in [-0.39, 0.29) is 0 Å². The van der Waals surface area contributed by atoms with Gasteiger partial charge in [-0.2, -0.15) is 0 Å². The maximum Gasteiger partial charge on any atom is 0.0605 e. The number of aromatic nitrogens is 1. The van der Waals surface area contributed by atoms with Gasteiger partial charge in [0.05, 0.1) is 11.7 Å². The Morgan fingerprint density at radius 1 is 1.39 bits per heavy atom. The average Bonchev–Trinajstić information content (AvgIpc) is 2.34. The minimum atomic E-state index is 0.311. The molecular formula is C15H26N2O. The summed E-state index contributed by atoms with van der Waals surface area (Å²) in [7, 11) is 1.75. The number of nitrogens with zero attached hydrogens (tertiary/aromatic N) is 1. The number of aryl methyl sites for hydroxylation is 2. The lowest BCUT2D eigenvalue weighted by Crippen LogP contribution is -2.29. The van der Waals surface area contributed by atoms with E-state index >= 15 is 0 Å². The molecule has 102 valence electrons. The summed E-state index contributed by atoms with van der Waals surface area (Å²) in [4.78, 5) is 4.62. The lowest BCUT2D eigenvalue weighted by molar-refractivity contribution is 0.170. The molecule has 0 spiro atoms. The van der Waals surface area contributed by atoms with Crippen molar-refractivity contribution in [3.8, 4) is 0 Å². The molecular weight excluding hydrogens is 224 g/mol. The molecule has 0 amide bonds. The highest BCUT2D eigenvalue weighted by Crippen LogP contribution is 2.25. The second kappa shape index (κ2) is 7.49. The molecule has 1 aromatic heterocycles. The number of rotatable bonds is 7. The van der Waals surface area contributed by atoms with Crippen LogP contribution in [0.1, 0.15) is 43.1 Å². The van der Waals surface area contributed by atoms with Crippen molar-refractivity contribution in [1.82, 2.24) is 10.3 Å². The van der Waals surface area contributed by atoms with Crippen LogP contribution in [0.15, 0.2) is 12.3 Å². The van der Waals surface area contributed by atoms with Crippen LogP contribution in [-0.4, -0.2) is 25.2 Å². The van der Waals surface area contributed by atoms with Gasteiger partial charge in [0, 0.05) is 19.9 Å². The van der Waals surface area contributed by atoms with Gasteiger partial charge in [-0.05, 0) is 43.9 Å². The summed E-state index contributed by atoms with van der Waals surface area (Å²) < 4.78 is 5.18. The molecule has 0 radical (unpaired) electrons. The molecule has 18 heavy (non-hydrogen) atoms. The van der Waals surface area contributed by atoms with Gasteiger partial charge in [0.1, 0.15) is 0 Å². The summed E-state index contributed by atoms with van der Waals surface area (Å²) in [6.45, 7) is 10.4. The minimum Gasteiger partial charge on any atom is -0.385 e. The number of hydrogen-bond donors (Lipinski definition) is 1. The molecule has 1 N–H and O–H groups in total. The fourth-order valence-corrected chi connectivity index (χ4v) is 2.31. The number of pyridine rings is 1. The van der Waals surface area contributed by atoms with Gasteiger partial charge < -0.3 is 10.1 Å². The Kier molecular flexibility index (Phi) is 6.30. The van der Waals surface area contributed by atoms with E-state index in [4.69, 9.17) is 4.74 Å². The number of hydrogen-bond acceptors (Lipinski definition) is 3. The van der Waals surface area contributed by atoms with Crippen molar-refractivity contribution in [2.45, 2.75) is 40.2 Å². The van der Waals surface area contributed by atoms with Gasteiger partial charge in [0.15, 0.2) is 0 Å². The summed E-state index contributed by atoms with van der Waals surface area (Å²) >= 11 is 0. The van der Waals surface area contributed by atoms with Crippen LogP contribution in [0.4, 0.5) is 0 Å². The number of nitrogens with one attached hydrogen (secondary N) is 1. The second-order valence-electron chi connectivity index (χ2n) is 5.01. The van der Waals surface area contributed by atoms with Crippen LogP contribution in [-0.2, 0) is 4.74 Å². The Balaban J connectivity index is 2.88. The van der Waals surface area contributed by atoms with E-state index in [9.17, 15) is 0 Å². The molecule has 0 saturated carbocycles. The van der Waals surface area contributed by atoms with Gasteiger partial charge in [0.2, 0.25) is 0 Å². The second-order valence-corrected chi connectivity index (χ2v) is 5.01. The molecule has 3 nitrogen and oxygen atoms in total. The SMILES string of the molecule is CCNC(c1ncc(C)cc1C)C(C)CCOC. The molecule has 0 aromatic carbocycles. The lowest BCUT2D eigenvalue weighted by Gasteiger charge is -2.25. The largest absolute Gasteiger partial charge is 0.385 e. The Labute approximate surface area is 111 Å². The first-order chi connectivity index (χ1) is 8.60. The highest BCUT2D eigenvalue weighted by Gasteiger charge is 2.21. The fraction of sp³-hybridized carbons (Fsp3) is 0.667. The van der Waals surface area contributed by atoms with Crippen LogP contribution in [0.2, 0.25) is 0 Å². The first kappa shape index (κ1) is 15.1. The Morgan fingerprint density at radius 2 is 2.11 bits per heavy atom. The van der Waals surface area contributed by atoms with Crippen LogP contribution in [0.3, 0.4) is 0 Å². The van der Waals surface area contributed by atoms with E-state index in [1.807, 2.05) is 6.20 Å². The van der Waals surface area contributed by atoms with Gasteiger partial charge in [-0.1, -0.05) is 19.9 Å². The predicted molar refractivity (Wildman–Crippen MR) is 75.8 cm³/mol. The van der Waals surface area contributed by atoms with Crippen molar-refractivity contribution in [1.29, 1.82) is 0 Å². The topological polar surface area (TPSA) is 34.2 Å². The third-order valence-electron chi connectivity index (χ3n) is 3.32. The molecule has 0 bridgehead atoms. The summed E-state index contributed by atoms with van der Waals surface area (Å²) in [6.07, 6.45) is 3.00. The summed E-state index contributed by atoms with van der Waals surface area (Å²) in [5.74, 6) is 0.513. The molecule has 2 unspecified atom stereocenters.